The molecule has 1 aromatic heterocycles. The van der Waals surface area contributed by atoms with Gasteiger partial charge in [0.1, 0.15) is 0 Å². The molecule has 0 fully saturated rings. The number of carbonyl (C=O) groups is 1. The molecule has 0 unspecified atom stereocenters. The standard InChI is InChI=1S/C13H11ClN2O4S/c1-8-4-5-9(13(17)18)7-11(8)21(19,20)16-10-3-2-6-15-12(10)14/h2-7,16H,1H3,(H,17,18). The molecule has 0 spiro atoms. The maximum absolute atomic E-state index is 12.4. The molecule has 0 aliphatic rings. The van der Waals surface area contributed by atoms with Crippen molar-refractivity contribution < 1.29 is 18.3 Å². The maximum atomic E-state index is 12.4. The first kappa shape index (κ1) is 15.3. The summed E-state index contributed by atoms with van der Waals surface area (Å²) < 4.78 is 27.0. The summed E-state index contributed by atoms with van der Waals surface area (Å²) in [5.74, 6) is -1.20. The van der Waals surface area contributed by atoms with E-state index in [0.29, 0.717) is 5.56 Å². The summed E-state index contributed by atoms with van der Waals surface area (Å²) in [5, 5.41) is 8.96. The molecule has 6 nitrogen and oxygen atoms in total. The SMILES string of the molecule is Cc1ccc(C(=O)O)cc1S(=O)(=O)Nc1cccnc1Cl. The van der Waals surface area contributed by atoms with Crippen molar-refractivity contribution in [1.82, 2.24) is 4.98 Å². The number of pyridine rings is 1. The van der Waals surface area contributed by atoms with Gasteiger partial charge in [-0.1, -0.05) is 17.7 Å². The molecule has 0 amide bonds. The molecule has 2 rings (SSSR count). The summed E-state index contributed by atoms with van der Waals surface area (Å²) in [6.07, 6.45) is 1.43. The number of halogens is 1. The first-order valence-corrected chi connectivity index (χ1v) is 7.64. The van der Waals surface area contributed by atoms with E-state index >= 15 is 0 Å². The van der Waals surface area contributed by atoms with E-state index in [1.54, 1.807) is 6.92 Å². The number of nitrogens with one attached hydrogen (secondary N) is 1. The Morgan fingerprint density at radius 1 is 1.33 bits per heavy atom. The minimum atomic E-state index is -3.96. The minimum Gasteiger partial charge on any atom is -0.478 e. The van der Waals surface area contributed by atoms with Gasteiger partial charge in [0.2, 0.25) is 0 Å². The molecule has 2 aromatic rings. The predicted molar refractivity (Wildman–Crippen MR) is 78.2 cm³/mol. The van der Waals surface area contributed by atoms with Crippen molar-refractivity contribution in [2.75, 3.05) is 4.72 Å². The summed E-state index contributed by atoms with van der Waals surface area (Å²) in [6, 6.07) is 6.87. The number of carboxylic acids is 1. The molecule has 21 heavy (non-hydrogen) atoms. The third-order valence-electron chi connectivity index (χ3n) is 2.73. The van der Waals surface area contributed by atoms with Gasteiger partial charge >= 0.3 is 5.97 Å². The van der Waals surface area contributed by atoms with Gasteiger partial charge in [0.15, 0.2) is 5.15 Å². The van der Waals surface area contributed by atoms with Crippen LogP contribution in [0.2, 0.25) is 5.15 Å². The topological polar surface area (TPSA) is 96.4 Å². The van der Waals surface area contributed by atoms with Crippen molar-refractivity contribution in [3.8, 4) is 0 Å². The molecule has 0 aliphatic heterocycles. The summed E-state index contributed by atoms with van der Waals surface area (Å²) in [4.78, 5) is 14.6. The smallest absolute Gasteiger partial charge is 0.335 e. The summed E-state index contributed by atoms with van der Waals surface area (Å²) >= 11 is 5.81. The van der Waals surface area contributed by atoms with Crippen LogP contribution in [0.1, 0.15) is 15.9 Å². The zero-order valence-electron chi connectivity index (χ0n) is 10.9. The van der Waals surface area contributed by atoms with E-state index in [0.717, 1.165) is 6.07 Å². The number of benzene rings is 1. The van der Waals surface area contributed by atoms with Crippen molar-refractivity contribution in [2.45, 2.75) is 11.8 Å². The minimum absolute atomic E-state index is 0.00752. The molecule has 0 radical (unpaired) electrons. The molecule has 110 valence electrons. The van der Waals surface area contributed by atoms with Crippen LogP contribution < -0.4 is 4.72 Å². The molecule has 2 N–H and O–H groups in total. The third-order valence-corrected chi connectivity index (χ3v) is 4.54. The Morgan fingerprint density at radius 3 is 2.67 bits per heavy atom. The Hall–Kier alpha value is -2.12. The molecule has 8 heteroatoms. The fraction of sp³-hybridized carbons (Fsp3) is 0.0769. The van der Waals surface area contributed by atoms with Crippen molar-refractivity contribution in [2.24, 2.45) is 0 Å². The number of aromatic nitrogens is 1. The number of aryl methyl sites for hydroxylation is 1. The quantitative estimate of drug-likeness (QED) is 0.842. The number of rotatable bonds is 4. The average Bonchev–Trinajstić information content (AvgIpc) is 2.41. The Morgan fingerprint density at radius 2 is 2.05 bits per heavy atom. The lowest BCUT2D eigenvalue weighted by molar-refractivity contribution is 0.0696. The van der Waals surface area contributed by atoms with Gasteiger partial charge in [0.25, 0.3) is 10.0 Å². The second kappa shape index (κ2) is 5.71. The van der Waals surface area contributed by atoms with Gasteiger partial charge in [-0.25, -0.2) is 18.2 Å². The van der Waals surface area contributed by atoms with Crippen LogP contribution in [-0.4, -0.2) is 24.5 Å². The Bertz CT molecular complexity index is 806. The zero-order valence-corrected chi connectivity index (χ0v) is 12.4. The molecule has 0 saturated heterocycles. The van der Waals surface area contributed by atoms with Crippen LogP contribution in [0.3, 0.4) is 0 Å². The number of hydrogen-bond acceptors (Lipinski definition) is 4. The molecule has 0 aliphatic carbocycles. The van der Waals surface area contributed by atoms with Crippen molar-refractivity contribution in [1.29, 1.82) is 0 Å². The second-order valence-electron chi connectivity index (χ2n) is 4.23. The fourth-order valence-electron chi connectivity index (χ4n) is 1.68. The van der Waals surface area contributed by atoms with E-state index in [9.17, 15) is 13.2 Å². The number of anilines is 1. The molecular weight excluding hydrogens is 316 g/mol. The second-order valence-corrected chi connectivity index (χ2v) is 6.24. The number of carboxylic acid groups (broad SMARTS) is 1. The lowest BCUT2D eigenvalue weighted by Gasteiger charge is -2.11. The first-order chi connectivity index (χ1) is 9.81. The van der Waals surface area contributed by atoms with Gasteiger partial charge in [0.05, 0.1) is 16.1 Å². The fourth-order valence-corrected chi connectivity index (χ4v) is 3.25. The van der Waals surface area contributed by atoms with Crippen molar-refractivity contribution >= 4 is 33.3 Å². The lowest BCUT2D eigenvalue weighted by Crippen LogP contribution is -2.15. The number of hydrogen-bond donors (Lipinski definition) is 2. The summed E-state index contributed by atoms with van der Waals surface area (Å²) in [7, 11) is -3.96. The van der Waals surface area contributed by atoms with Crippen molar-refractivity contribution in [3.05, 3.63) is 52.8 Å². The van der Waals surface area contributed by atoms with Gasteiger partial charge in [-0.15, -0.1) is 0 Å². The highest BCUT2D eigenvalue weighted by Gasteiger charge is 2.20. The number of sulfonamides is 1. The Balaban J connectivity index is 2.47. The van der Waals surface area contributed by atoms with Crippen LogP contribution in [0, 0.1) is 6.92 Å². The van der Waals surface area contributed by atoms with Crippen LogP contribution in [0.15, 0.2) is 41.4 Å². The van der Waals surface area contributed by atoms with Gasteiger partial charge < -0.3 is 5.11 Å². The highest BCUT2D eigenvalue weighted by atomic mass is 35.5. The zero-order chi connectivity index (χ0) is 15.6. The monoisotopic (exact) mass is 326 g/mol. The molecule has 0 bridgehead atoms. The molecule has 0 saturated carbocycles. The highest BCUT2D eigenvalue weighted by Crippen LogP contribution is 2.24. The normalized spacial score (nSPS) is 11.1. The van der Waals surface area contributed by atoms with E-state index in [1.807, 2.05) is 0 Å². The average molecular weight is 327 g/mol. The van der Waals surface area contributed by atoms with Gasteiger partial charge in [-0.3, -0.25) is 4.72 Å². The van der Waals surface area contributed by atoms with Crippen LogP contribution in [0.25, 0.3) is 0 Å². The van der Waals surface area contributed by atoms with E-state index < -0.39 is 16.0 Å². The highest BCUT2D eigenvalue weighted by molar-refractivity contribution is 7.92. The number of nitrogens with zero attached hydrogens (tertiary/aromatic N) is 1. The Kier molecular flexibility index (Phi) is 4.15. The van der Waals surface area contributed by atoms with Crippen LogP contribution in [0.5, 0.6) is 0 Å². The molecular formula is C13H11ClN2O4S. The van der Waals surface area contributed by atoms with Crippen LogP contribution in [0.4, 0.5) is 5.69 Å². The Labute approximate surface area is 126 Å². The first-order valence-electron chi connectivity index (χ1n) is 5.78. The molecule has 1 heterocycles. The van der Waals surface area contributed by atoms with Crippen LogP contribution in [-0.2, 0) is 10.0 Å². The molecule has 1 aromatic carbocycles. The maximum Gasteiger partial charge on any atom is 0.335 e. The summed E-state index contributed by atoms with van der Waals surface area (Å²) in [6.45, 7) is 1.57. The lowest BCUT2D eigenvalue weighted by atomic mass is 10.1. The van der Waals surface area contributed by atoms with E-state index in [-0.39, 0.29) is 21.3 Å². The largest absolute Gasteiger partial charge is 0.478 e. The van der Waals surface area contributed by atoms with Crippen molar-refractivity contribution in [3.63, 3.8) is 0 Å². The predicted octanol–water partition coefficient (Wildman–Crippen LogP) is 2.54. The van der Waals surface area contributed by atoms with E-state index in [4.69, 9.17) is 16.7 Å². The molecule has 0 atom stereocenters. The van der Waals surface area contributed by atoms with Crippen LogP contribution >= 0.6 is 11.6 Å². The third kappa shape index (κ3) is 3.32. The van der Waals surface area contributed by atoms with Gasteiger partial charge in [-0.05, 0) is 36.8 Å². The number of aromatic carboxylic acids is 1. The van der Waals surface area contributed by atoms with Gasteiger partial charge in [0, 0.05) is 6.20 Å². The van der Waals surface area contributed by atoms with E-state index in [2.05, 4.69) is 9.71 Å². The summed E-state index contributed by atoms with van der Waals surface area (Å²) in [5.41, 5.74) is 0.435. The van der Waals surface area contributed by atoms with E-state index in [1.165, 1.54) is 30.5 Å². The van der Waals surface area contributed by atoms with Gasteiger partial charge in [-0.2, -0.15) is 0 Å².